The Balaban J connectivity index is 2.43. The minimum absolute atomic E-state index is 0.0393. The van der Waals surface area contributed by atoms with Gasteiger partial charge in [-0.2, -0.15) is 0 Å². The Labute approximate surface area is 115 Å². The van der Waals surface area contributed by atoms with E-state index in [1.54, 1.807) is 4.68 Å². The van der Waals surface area contributed by atoms with E-state index in [4.69, 9.17) is 0 Å². The number of halogens is 1. The molecule has 2 aromatic heterocycles. The third-order valence-corrected chi connectivity index (χ3v) is 3.34. The molecule has 2 rings (SSSR count). The van der Waals surface area contributed by atoms with Crippen molar-refractivity contribution in [1.29, 1.82) is 0 Å². The first-order valence-corrected chi connectivity index (χ1v) is 6.63. The first kappa shape index (κ1) is 13.2. The smallest absolute Gasteiger partial charge is 0.153 e. The third-order valence-electron chi connectivity index (χ3n) is 2.78. The average molecular weight is 310 g/mol. The lowest BCUT2D eigenvalue weighted by atomic mass is 10.1. The van der Waals surface area contributed by atoms with E-state index in [0.29, 0.717) is 0 Å². The third kappa shape index (κ3) is 2.59. The van der Waals surface area contributed by atoms with Gasteiger partial charge in [0.25, 0.3) is 0 Å². The molecule has 0 aliphatic carbocycles. The van der Waals surface area contributed by atoms with Crippen molar-refractivity contribution in [3.8, 4) is 0 Å². The Kier molecular flexibility index (Phi) is 4.08. The van der Waals surface area contributed by atoms with Crippen LogP contribution in [0.15, 0.2) is 22.9 Å². The minimum Gasteiger partial charge on any atom is -0.305 e. The summed E-state index contributed by atoms with van der Waals surface area (Å²) in [6.07, 6.45) is 1.89. The molecule has 2 heterocycles. The summed E-state index contributed by atoms with van der Waals surface area (Å²) in [5.41, 5.74) is 3.12. The number of aryl methyl sites for hydroxylation is 2. The topological polar surface area (TPSA) is 55.6 Å². The molecule has 0 fully saturated rings. The molecule has 96 valence electrons. The predicted molar refractivity (Wildman–Crippen MR) is 73.2 cm³/mol. The molecule has 0 aliphatic heterocycles. The maximum Gasteiger partial charge on any atom is 0.153 e. The number of aromatic nitrogens is 4. The number of pyridine rings is 1. The van der Waals surface area contributed by atoms with Crippen LogP contribution in [-0.2, 0) is 7.05 Å². The second-order valence-electron chi connectivity index (χ2n) is 4.11. The molecule has 0 saturated carbocycles. The molecule has 1 N–H and O–H groups in total. The van der Waals surface area contributed by atoms with Gasteiger partial charge < -0.3 is 5.32 Å². The van der Waals surface area contributed by atoms with Crippen molar-refractivity contribution in [1.82, 2.24) is 25.3 Å². The van der Waals surface area contributed by atoms with Gasteiger partial charge in [0.1, 0.15) is 0 Å². The molecular formula is C12H16BrN5. The lowest BCUT2D eigenvalue weighted by molar-refractivity contribution is 0.565. The standard InChI is InChI=1S/C12H16BrN5/c1-4-14-10(9-6-5-8(2)15-7-9)11-12(13)16-17-18(11)3/h5-7,10,14H,4H2,1-3H3. The Morgan fingerprint density at radius 1 is 1.44 bits per heavy atom. The van der Waals surface area contributed by atoms with Gasteiger partial charge in [0.2, 0.25) is 0 Å². The fraction of sp³-hybridized carbons (Fsp3) is 0.417. The molecule has 0 bridgehead atoms. The van der Waals surface area contributed by atoms with Gasteiger partial charge in [-0.3, -0.25) is 4.98 Å². The van der Waals surface area contributed by atoms with Crippen molar-refractivity contribution < 1.29 is 0 Å². The van der Waals surface area contributed by atoms with Crippen molar-refractivity contribution >= 4 is 15.9 Å². The largest absolute Gasteiger partial charge is 0.305 e. The fourth-order valence-corrected chi connectivity index (χ4v) is 2.43. The van der Waals surface area contributed by atoms with Crippen LogP contribution in [0.4, 0.5) is 0 Å². The molecule has 0 aliphatic rings. The average Bonchev–Trinajstić information content (AvgIpc) is 2.68. The predicted octanol–water partition coefficient (Wildman–Crippen LogP) is 1.98. The number of nitrogens with one attached hydrogen (secondary N) is 1. The molecule has 2 aromatic rings. The summed E-state index contributed by atoms with van der Waals surface area (Å²) >= 11 is 3.44. The van der Waals surface area contributed by atoms with Gasteiger partial charge >= 0.3 is 0 Å². The monoisotopic (exact) mass is 309 g/mol. The van der Waals surface area contributed by atoms with E-state index in [0.717, 1.165) is 28.1 Å². The summed E-state index contributed by atoms with van der Waals surface area (Å²) < 4.78 is 2.54. The van der Waals surface area contributed by atoms with E-state index in [9.17, 15) is 0 Å². The Morgan fingerprint density at radius 3 is 2.72 bits per heavy atom. The van der Waals surface area contributed by atoms with Gasteiger partial charge in [0.15, 0.2) is 4.60 Å². The van der Waals surface area contributed by atoms with Gasteiger partial charge in [-0.05, 0) is 41.0 Å². The van der Waals surface area contributed by atoms with Gasteiger partial charge in [-0.25, -0.2) is 4.68 Å². The molecular weight excluding hydrogens is 294 g/mol. The zero-order chi connectivity index (χ0) is 13.1. The highest BCUT2D eigenvalue weighted by atomic mass is 79.9. The Morgan fingerprint density at radius 2 is 2.22 bits per heavy atom. The highest BCUT2D eigenvalue weighted by Crippen LogP contribution is 2.26. The number of hydrogen-bond donors (Lipinski definition) is 1. The van der Waals surface area contributed by atoms with E-state index in [2.05, 4.69) is 49.5 Å². The fourth-order valence-electron chi connectivity index (χ4n) is 1.87. The quantitative estimate of drug-likeness (QED) is 0.938. The maximum absolute atomic E-state index is 4.35. The highest BCUT2D eigenvalue weighted by molar-refractivity contribution is 9.10. The number of rotatable bonds is 4. The zero-order valence-electron chi connectivity index (χ0n) is 10.7. The highest BCUT2D eigenvalue weighted by Gasteiger charge is 2.21. The lowest BCUT2D eigenvalue weighted by Crippen LogP contribution is -2.24. The molecule has 0 saturated heterocycles. The van der Waals surface area contributed by atoms with E-state index in [-0.39, 0.29) is 6.04 Å². The number of hydrogen-bond acceptors (Lipinski definition) is 4. The van der Waals surface area contributed by atoms with Crippen LogP contribution in [-0.4, -0.2) is 26.5 Å². The summed E-state index contributed by atoms with van der Waals surface area (Å²) in [4.78, 5) is 4.35. The Bertz CT molecular complexity index is 500. The molecule has 5 nitrogen and oxygen atoms in total. The van der Waals surface area contributed by atoms with Crippen molar-refractivity contribution in [2.45, 2.75) is 19.9 Å². The van der Waals surface area contributed by atoms with Gasteiger partial charge in [-0.1, -0.05) is 18.2 Å². The van der Waals surface area contributed by atoms with Gasteiger partial charge in [0.05, 0.1) is 11.7 Å². The van der Waals surface area contributed by atoms with Crippen LogP contribution in [0.25, 0.3) is 0 Å². The van der Waals surface area contributed by atoms with Crippen molar-refractivity contribution in [3.63, 3.8) is 0 Å². The van der Waals surface area contributed by atoms with Gasteiger partial charge in [0, 0.05) is 18.9 Å². The SMILES string of the molecule is CCNC(c1ccc(C)nc1)c1c(Br)nnn1C. The molecule has 0 radical (unpaired) electrons. The van der Waals surface area contributed by atoms with Crippen LogP contribution < -0.4 is 5.32 Å². The van der Waals surface area contributed by atoms with Crippen molar-refractivity contribution in [2.75, 3.05) is 6.54 Å². The van der Waals surface area contributed by atoms with Crippen LogP contribution in [0.1, 0.15) is 29.9 Å². The van der Waals surface area contributed by atoms with Crippen LogP contribution in [0.5, 0.6) is 0 Å². The Hall–Kier alpha value is -1.27. The summed E-state index contributed by atoms with van der Waals surface area (Å²) in [7, 11) is 1.89. The molecule has 1 unspecified atom stereocenters. The van der Waals surface area contributed by atoms with E-state index < -0.39 is 0 Å². The second-order valence-corrected chi connectivity index (χ2v) is 4.86. The summed E-state index contributed by atoms with van der Waals surface area (Å²) in [6, 6.07) is 4.13. The summed E-state index contributed by atoms with van der Waals surface area (Å²) in [5.74, 6) is 0. The maximum atomic E-state index is 4.35. The summed E-state index contributed by atoms with van der Waals surface area (Å²) in [5, 5.41) is 11.5. The normalized spacial score (nSPS) is 12.7. The minimum atomic E-state index is 0.0393. The zero-order valence-corrected chi connectivity index (χ0v) is 12.3. The molecule has 0 amide bonds. The molecule has 0 spiro atoms. The van der Waals surface area contributed by atoms with Crippen LogP contribution in [0, 0.1) is 6.92 Å². The van der Waals surface area contributed by atoms with Gasteiger partial charge in [-0.15, -0.1) is 5.10 Å². The first-order valence-electron chi connectivity index (χ1n) is 5.84. The van der Waals surface area contributed by atoms with E-state index in [1.165, 1.54) is 0 Å². The van der Waals surface area contributed by atoms with Crippen LogP contribution >= 0.6 is 15.9 Å². The molecule has 18 heavy (non-hydrogen) atoms. The van der Waals surface area contributed by atoms with Crippen LogP contribution in [0.2, 0.25) is 0 Å². The summed E-state index contributed by atoms with van der Waals surface area (Å²) in [6.45, 7) is 4.91. The number of nitrogens with zero attached hydrogens (tertiary/aromatic N) is 4. The van der Waals surface area contributed by atoms with E-state index >= 15 is 0 Å². The first-order chi connectivity index (χ1) is 8.63. The van der Waals surface area contributed by atoms with Crippen molar-refractivity contribution in [3.05, 3.63) is 39.9 Å². The molecule has 1 atom stereocenters. The van der Waals surface area contributed by atoms with E-state index in [1.807, 2.05) is 26.2 Å². The lowest BCUT2D eigenvalue weighted by Gasteiger charge is -2.18. The van der Waals surface area contributed by atoms with Crippen molar-refractivity contribution in [2.24, 2.45) is 7.05 Å². The molecule has 0 aromatic carbocycles. The molecule has 6 heteroatoms. The van der Waals surface area contributed by atoms with Crippen LogP contribution in [0.3, 0.4) is 0 Å². The second kappa shape index (κ2) is 5.58.